The van der Waals surface area contributed by atoms with Gasteiger partial charge in [0.1, 0.15) is 5.78 Å². The summed E-state index contributed by atoms with van der Waals surface area (Å²) in [7, 11) is 0. The highest BCUT2D eigenvalue weighted by Gasteiger charge is 2.59. The number of fused-ring (bicyclic) bond motifs is 5. The number of carbonyl (C=O) groups excluding carboxylic acids is 2. The van der Waals surface area contributed by atoms with Crippen LogP contribution in [0, 0.1) is 28.6 Å². The first-order valence-corrected chi connectivity index (χ1v) is 10.8. The van der Waals surface area contributed by atoms with Crippen LogP contribution in [0.5, 0.6) is 0 Å². The maximum absolute atomic E-state index is 12.5. The third-order valence-corrected chi connectivity index (χ3v) is 8.18. The van der Waals surface area contributed by atoms with Crippen LogP contribution in [0.1, 0.15) is 58.3 Å². The van der Waals surface area contributed by atoms with Gasteiger partial charge in [-0.15, -0.1) is 11.8 Å². The van der Waals surface area contributed by atoms with E-state index in [1.165, 1.54) is 12.0 Å². The summed E-state index contributed by atoms with van der Waals surface area (Å²) < 4.78 is 0. The fourth-order valence-corrected chi connectivity index (χ4v) is 6.93. The molecule has 0 radical (unpaired) electrons. The summed E-state index contributed by atoms with van der Waals surface area (Å²) in [6.45, 7) is 2.24. The molecular weight excluding hydrogens is 316 g/mol. The molecule has 0 N–H and O–H groups in total. The molecule has 4 aliphatic rings. The molecule has 2 nitrogen and oxygen atoms in total. The first-order chi connectivity index (χ1) is 11.5. The van der Waals surface area contributed by atoms with Gasteiger partial charge in [-0.2, -0.15) is 0 Å². The van der Waals surface area contributed by atoms with E-state index in [1.807, 2.05) is 6.08 Å². The van der Waals surface area contributed by atoms with Crippen LogP contribution in [0.25, 0.3) is 0 Å². The predicted molar refractivity (Wildman–Crippen MR) is 98.7 cm³/mol. The van der Waals surface area contributed by atoms with Gasteiger partial charge in [-0.1, -0.05) is 18.6 Å². The van der Waals surface area contributed by atoms with E-state index < -0.39 is 0 Å². The maximum atomic E-state index is 12.5. The average Bonchev–Trinajstić information content (AvgIpc) is 2.88. The van der Waals surface area contributed by atoms with Crippen LogP contribution in [0.3, 0.4) is 0 Å². The van der Waals surface area contributed by atoms with Crippen molar-refractivity contribution in [1.29, 1.82) is 0 Å². The molecular formula is C21H28O2S. The molecule has 130 valence electrons. The molecule has 0 spiro atoms. The molecule has 5 atom stereocenters. The number of allylic oxidation sites excluding steroid dienone is 2. The molecule has 4 rings (SSSR count). The van der Waals surface area contributed by atoms with Crippen molar-refractivity contribution in [2.75, 3.05) is 6.26 Å². The molecule has 0 aliphatic heterocycles. The number of thioether (sulfide) groups is 1. The lowest BCUT2D eigenvalue weighted by Crippen LogP contribution is -2.51. The van der Waals surface area contributed by atoms with Crippen molar-refractivity contribution >= 4 is 23.3 Å². The predicted octanol–water partition coefficient (Wildman–Crippen LogP) is 4.94. The Kier molecular flexibility index (Phi) is 4.06. The second-order valence-corrected chi connectivity index (χ2v) is 9.29. The number of Topliss-reactive ketones (excluding diaryl/α,β-unsaturated/α-hetero) is 1. The highest BCUT2D eigenvalue weighted by Crippen LogP contribution is 2.65. The largest absolute Gasteiger partial charge is 0.299 e. The quantitative estimate of drug-likeness (QED) is 0.711. The van der Waals surface area contributed by atoms with Gasteiger partial charge in [0.25, 0.3) is 0 Å². The summed E-state index contributed by atoms with van der Waals surface area (Å²) in [6, 6.07) is 0. The summed E-state index contributed by atoms with van der Waals surface area (Å²) in [6.07, 6.45) is 14.5. The monoisotopic (exact) mass is 344 g/mol. The van der Waals surface area contributed by atoms with Crippen molar-refractivity contribution in [3.05, 3.63) is 23.1 Å². The zero-order valence-corrected chi connectivity index (χ0v) is 15.7. The number of hydrogen-bond donors (Lipinski definition) is 0. The lowest BCUT2D eigenvalue weighted by atomic mass is 9.47. The van der Waals surface area contributed by atoms with Gasteiger partial charge in [0.15, 0.2) is 5.78 Å². The smallest absolute Gasteiger partial charge is 0.155 e. The number of rotatable bonds is 2. The summed E-state index contributed by atoms with van der Waals surface area (Å²) in [5.74, 6) is 2.68. The zero-order valence-electron chi connectivity index (χ0n) is 14.8. The van der Waals surface area contributed by atoms with Crippen LogP contribution in [0.4, 0.5) is 0 Å². The summed E-state index contributed by atoms with van der Waals surface area (Å²) in [5, 5.41) is 2.24. The van der Waals surface area contributed by atoms with Crippen LogP contribution in [0.2, 0.25) is 0 Å². The fourth-order valence-electron chi connectivity index (χ4n) is 6.55. The Labute approximate surface area is 149 Å². The first kappa shape index (κ1) is 16.6. The molecule has 3 fully saturated rings. The maximum Gasteiger partial charge on any atom is 0.155 e. The molecule has 0 amide bonds. The van der Waals surface area contributed by atoms with E-state index in [9.17, 15) is 9.59 Å². The van der Waals surface area contributed by atoms with Gasteiger partial charge in [0, 0.05) is 23.7 Å². The standard InChI is InChI=1S/C21H28O2S/c1-20-9-8-18-16(17(20)5-6-19(20)23)4-3-14-13-15(22)7-10-21(14,18)11-12-24-2/h11-13,16-18H,3-10H2,1-2H3/b12-11+/t16-,17-,18-,20-,21+/m0/s1. The summed E-state index contributed by atoms with van der Waals surface area (Å²) >= 11 is 1.76. The molecule has 3 heteroatoms. The van der Waals surface area contributed by atoms with Gasteiger partial charge in [-0.25, -0.2) is 0 Å². The van der Waals surface area contributed by atoms with E-state index in [2.05, 4.69) is 24.7 Å². The SMILES string of the molecule is CS/C=C/[C@]12CCC(=O)C=C1CC[C@@H]1[C@@H]2CC[C@]2(C)C(=O)CC[C@@H]12. The summed E-state index contributed by atoms with van der Waals surface area (Å²) in [4.78, 5) is 24.5. The molecule has 0 aromatic carbocycles. The highest BCUT2D eigenvalue weighted by atomic mass is 32.2. The third kappa shape index (κ3) is 2.23. The topological polar surface area (TPSA) is 34.1 Å². The van der Waals surface area contributed by atoms with E-state index >= 15 is 0 Å². The minimum Gasteiger partial charge on any atom is -0.299 e. The zero-order chi connectivity index (χ0) is 16.9. The molecule has 0 saturated heterocycles. The second kappa shape index (κ2) is 5.86. The van der Waals surface area contributed by atoms with Crippen molar-refractivity contribution in [1.82, 2.24) is 0 Å². The van der Waals surface area contributed by atoms with Crippen LogP contribution in [-0.2, 0) is 9.59 Å². The molecule has 0 unspecified atom stereocenters. The van der Waals surface area contributed by atoms with Crippen molar-refractivity contribution in [3.8, 4) is 0 Å². The van der Waals surface area contributed by atoms with Crippen molar-refractivity contribution < 1.29 is 9.59 Å². The van der Waals surface area contributed by atoms with E-state index in [4.69, 9.17) is 0 Å². The summed E-state index contributed by atoms with van der Waals surface area (Å²) in [5.41, 5.74) is 1.42. The first-order valence-electron chi connectivity index (χ1n) is 9.49. The van der Waals surface area contributed by atoms with Crippen LogP contribution in [0.15, 0.2) is 23.1 Å². The van der Waals surface area contributed by atoms with Crippen LogP contribution >= 0.6 is 11.8 Å². The second-order valence-electron chi connectivity index (χ2n) is 8.55. The lowest BCUT2D eigenvalue weighted by Gasteiger charge is -2.57. The minimum atomic E-state index is -0.0583. The normalized spacial score (nSPS) is 44.9. The van der Waals surface area contributed by atoms with E-state index in [0.717, 1.165) is 38.5 Å². The minimum absolute atomic E-state index is 0.0583. The molecule has 4 aliphatic carbocycles. The third-order valence-electron chi connectivity index (χ3n) is 7.77. The van der Waals surface area contributed by atoms with E-state index in [-0.39, 0.29) is 10.8 Å². The highest BCUT2D eigenvalue weighted by molar-refractivity contribution is 8.01. The Balaban J connectivity index is 1.75. The molecule has 24 heavy (non-hydrogen) atoms. The number of carbonyl (C=O) groups is 2. The molecule has 0 aromatic heterocycles. The lowest BCUT2D eigenvalue weighted by molar-refractivity contribution is -0.132. The number of hydrogen-bond acceptors (Lipinski definition) is 3. The number of ketones is 2. The Hall–Kier alpha value is -0.830. The van der Waals surface area contributed by atoms with Crippen molar-refractivity contribution in [2.24, 2.45) is 28.6 Å². The van der Waals surface area contributed by atoms with Gasteiger partial charge in [-0.3, -0.25) is 9.59 Å². The van der Waals surface area contributed by atoms with E-state index in [0.29, 0.717) is 35.7 Å². The van der Waals surface area contributed by atoms with Gasteiger partial charge in [-0.05, 0) is 74.0 Å². The molecule has 0 heterocycles. The van der Waals surface area contributed by atoms with Gasteiger partial charge < -0.3 is 0 Å². The van der Waals surface area contributed by atoms with Crippen molar-refractivity contribution in [3.63, 3.8) is 0 Å². The molecule has 0 bridgehead atoms. The molecule has 0 aromatic rings. The average molecular weight is 345 g/mol. The van der Waals surface area contributed by atoms with Gasteiger partial charge in [0.05, 0.1) is 0 Å². The Morgan fingerprint density at radius 3 is 2.71 bits per heavy atom. The van der Waals surface area contributed by atoms with Crippen LogP contribution < -0.4 is 0 Å². The Morgan fingerprint density at radius 2 is 1.92 bits per heavy atom. The van der Waals surface area contributed by atoms with E-state index in [1.54, 1.807) is 11.8 Å². The molecule has 3 saturated carbocycles. The Bertz CT molecular complexity index is 634. The van der Waals surface area contributed by atoms with Crippen molar-refractivity contribution in [2.45, 2.75) is 58.3 Å². The Morgan fingerprint density at radius 1 is 1.08 bits per heavy atom. The van der Waals surface area contributed by atoms with Gasteiger partial charge >= 0.3 is 0 Å². The van der Waals surface area contributed by atoms with Gasteiger partial charge in [0.2, 0.25) is 0 Å². The van der Waals surface area contributed by atoms with Crippen LogP contribution in [-0.4, -0.2) is 17.8 Å². The fraction of sp³-hybridized carbons (Fsp3) is 0.714.